The van der Waals surface area contributed by atoms with Crippen molar-refractivity contribution in [3.8, 4) is 0 Å². The summed E-state index contributed by atoms with van der Waals surface area (Å²) < 4.78 is 18.3. The maximum atomic E-state index is 12.9. The molecule has 2 atom stereocenters. The van der Waals surface area contributed by atoms with Crippen molar-refractivity contribution in [2.24, 2.45) is 0 Å². The molecule has 1 N–H and O–H groups in total. The van der Waals surface area contributed by atoms with Gasteiger partial charge in [0.1, 0.15) is 10.8 Å². The van der Waals surface area contributed by atoms with Gasteiger partial charge in [0.25, 0.3) is 0 Å². The first-order valence-corrected chi connectivity index (χ1v) is 6.13. The van der Waals surface area contributed by atoms with Crippen LogP contribution in [0, 0.1) is 5.82 Å². The average Bonchev–Trinajstić information content (AvgIpc) is 2.67. The molecule has 0 aliphatic carbocycles. The van der Waals surface area contributed by atoms with Crippen molar-refractivity contribution in [3.05, 3.63) is 23.6 Å². The molecular weight excluding hydrogens is 245 g/mol. The number of pyridine rings is 1. The third-order valence-corrected chi connectivity index (χ3v) is 4.09. The molecule has 1 fully saturated rings. The van der Waals surface area contributed by atoms with E-state index in [4.69, 9.17) is 9.84 Å². The van der Waals surface area contributed by atoms with Crippen LogP contribution in [0.2, 0.25) is 0 Å². The van der Waals surface area contributed by atoms with E-state index in [0.717, 1.165) is 18.7 Å². The van der Waals surface area contributed by atoms with Crippen LogP contribution in [0.25, 0.3) is 0 Å². The van der Waals surface area contributed by atoms with Crippen molar-refractivity contribution < 1.29 is 19.0 Å². The Morgan fingerprint density at radius 2 is 2.47 bits per heavy atom. The average molecular weight is 257 g/mol. The molecule has 2 unspecified atom stereocenters. The molecule has 0 spiro atoms. The fourth-order valence-electron chi connectivity index (χ4n) is 1.68. The normalized spacial score (nSPS) is 23.9. The Morgan fingerprint density at radius 1 is 1.71 bits per heavy atom. The molecule has 0 aromatic carbocycles. The predicted molar refractivity (Wildman–Crippen MR) is 60.8 cm³/mol. The molecule has 6 heteroatoms. The Balaban J connectivity index is 2.22. The highest BCUT2D eigenvalue weighted by atomic mass is 32.2. The van der Waals surface area contributed by atoms with Gasteiger partial charge in [-0.05, 0) is 19.4 Å². The van der Waals surface area contributed by atoms with Crippen LogP contribution in [0.1, 0.15) is 23.7 Å². The molecule has 0 bridgehead atoms. The summed E-state index contributed by atoms with van der Waals surface area (Å²) in [4.78, 5) is 14.8. The molecule has 0 radical (unpaired) electrons. The van der Waals surface area contributed by atoms with E-state index in [0.29, 0.717) is 11.6 Å². The number of thioether (sulfide) groups is 1. The van der Waals surface area contributed by atoms with Crippen molar-refractivity contribution in [1.82, 2.24) is 4.98 Å². The molecule has 2 heterocycles. The first-order valence-electron chi connectivity index (χ1n) is 5.25. The summed E-state index contributed by atoms with van der Waals surface area (Å²) in [7, 11) is 0. The highest BCUT2D eigenvalue weighted by molar-refractivity contribution is 8.00. The lowest BCUT2D eigenvalue weighted by Gasteiger charge is -2.13. The molecule has 1 aromatic rings. The van der Waals surface area contributed by atoms with Crippen LogP contribution < -0.4 is 0 Å². The summed E-state index contributed by atoms with van der Waals surface area (Å²) in [6, 6.07) is 0.998. The number of nitrogens with zero attached hydrogens (tertiary/aromatic N) is 1. The largest absolute Gasteiger partial charge is 0.478 e. The number of hydrogen-bond acceptors (Lipinski definition) is 4. The van der Waals surface area contributed by atoms with Crippen molar-refractivity contribution in [2.75, 3.05) is 6.61 Å². The van der Waals surface area contributed by atoms with E-state index in [1.807, 2.05) is 6.92 Å². The van der Waals surface area contributed by atoms with Crippen LogP contribution in [0.5, 0.6) is 0 Å². The zero-order valence-electron chi connectivity index (χ0n) is 9.22. The lowest BCUT2D eigenvalue weighted by Crippen LogP contribution is -2.14. The van der Waals surface area contributed by atoms with Gasteiger partial charge in [0.05, 0.1) is 17.9 Å². The molecule has 1 aliphatic rings. The molecular formula is C11H12FNO3S. The van der Waals surface area contributed by atoms with Gasteiger partial charge in [0.15, 0.2) is 0 Å². The smallest absolute Gasteiger partial charge is 0.338 e. The van der Waals surface area contributed by atoms with Crippen LogP contribution in [0.4, 0.5) is 4.39 Å². The van der Waals surface area contributed by atoms with Crippen molar-refractivity contribution in [2.45, 2.75) is 29.7 Å². The number of rotatable bonds is 3. The quantitative estimate of drug-likeness (QED) is 0.899. The SMILES string of the molecule is CC1OCCC1Sc1ncc(F)cc1C(=O)O. The standard InChI is InChI=1S/C11H12FNO3S/c1-6-9(2-3-16-6)17-10-8(11(14)15)4-7(12)5-13-10/h4-6,9H,2-3H2,1H3,(H,14,15). The topological polar surface area (TPSA) is 59.4 Å². The van der Waals surface area contributed by atoms with Gasteiger partial charge in [0, 0.05) is 11.9 Å². The van der Waals surface area contributed by atoms with Gasteiger partial charge in [-0.1, -0.05) is 11.8 Å². The van der Waals surface area contributed by atoms with E-state index in [2.05, 4.69) is 4.98 Å². The maximum Gasteiger partial charge on any atom is 0.338 e. The number of carboxylic acid groups (broad SMARTS) is 1. The lowest BCUT2D eigenvalue weighted by molar-refractivity contribution is 0.0691. The summed E-state index contributed by atoms with van der Waals surface area (Å²) in [6.45, 7) is 2.61. The molecule has 2 rings (SSSR count). The fraction of sp³-hybridized carbons (Fsp3) is 0.455. The van der Waals surface area contributed by atoms with Crippen LogP contribution in [0.15, 0.2) is 17.3 Å². The van der Waals surface area contributed by atoms with Crippen LogP contribution >= 0.6 is 11.8 Å². The van der Waals surface area contributed by atoms with E-state index < -0.39 is 11.8 Å². The van der Waals surface area contributed by atoms with Crippen molar-refractivity contribution in [3.63, 3.8) is 0 Å². The Hall–Kier alpha value is -1.14. The number of carboxylic acids is 1. The summed E-state index contributed by atoms with van der Waals surface area (Å²) in [6.07, 6.45) is 1.95. The minimum Gasteiger partial charge on any atom is -0.478 e. The second-order valence-electron chi connectivity index (χ2n) is 3.83. The molecule has 1 saturated heterocycles. The molecule has 4 nitrogen and oxygen atoms in total. The zero-order valence-corrected chi connectivity index (χ0v) is 10.0. The predicted octanol–water partition coefficient (Wildman–Crippen LogP) is 2.19. The Labute approximate surface area is 102 Å². The van der Waals surface area contributed by atoms with Gasteiger partial charge in [0.2, 0.25) is 0 Å². The fourth-order valence-corrected chi connectivity index (χ4v) is 2.84. The Bertz CT molecular complexity index is 441. The van der Waals surface area contributed by atoms with E-state index >= 15 is 0 Å². The van der Waals surface area contributed by atoms with E-state index in [1.165, 1.54) is 11.8 Å². The van der Waals surface area contributed by atoms with E-state index in [1.54, 1.807) is 0 Å². The molecule has 17 heavy (non-hydrogen) atoms. The van der Waals surface area contributed by atoms with Gasteiger partial charge in [-0.3, -0.25) is 0 Å². The first-order chi connectivity index (χ1) is 8.08. The minimum atomic E-state index is -1.16. The lowest BCUT2D eigenvalue weighted by atomic mass is 10.2. The number of ether oxygens (including phenoxy) is 1. The zero-order chi connectivity index (χ0) is 12.4. The van der Waals surface area contributed by atoms with Gasteiger partial charge in [-0.15, -0.1) is 0 Å². The third-order valence-electron chi connectivity index (χ3n) is 2.62. The van der Waals surface area contributed by atoms with Crippen molar-refractivity contribution >= 4 is 17.7 Å². The third kappa shape index (κ3) is 2.76. The second-order valence-corrected chi connectivity index (χ2v) is 5.06. The minimum absolute atomic E-state index is 0.0634. The van der Waals surface area contributed by atoms with E-state index in [9.17, 15) is 9.18 Å². The van der Waals surface area contributed by atoms with Gasteiger partial charge in [-0.25, -0.2) is 14.2 Å². The van der Waals surface area contributed by atoms with Gasteiger partial charge >= 0.3 is 5.97 Å². The molecule has 1 aromatic heterocycles. The molecule has 0 saturated carbocycles. The van der Waals surface area contributed by atoms with Crippen LogP contribution in [-0.4, -0.2) is 34.0 Å². The first kappa shape index (κ1) is 12.3. The molecule has 92 valence electrons. The summed E-state index contributed by atoms with van der Waals surface area (Å²) in [5, 5.41) is 9.50. The van der Waals surface area contributed by atoms with Crippen LogP contribution in [-0.2, 0) is 4.74 Å². The summed E-state index contributed by atoms with van der Waals surface area (Å²) >= 11 is 1.34. The number of halogens is 1. The monoisotopic (exact) mass is 257 g/mol. The number of aromatic carboxylic acids is 1. The molecule has 1 aliphatic heterocycles. The molecule has 0 amide bonds. The van der Waals surface area contributed by atoms with Crippen LogP contribution in [0.3, 0.4) is 0 Å². The Morgan fingerprint density at radius 3 is 3.06 bits per heavy atom. The van der Waals surface area contributed by atoms with E-state index in [-0.39, 0.29) is 16.9 Å². The maximum absolute atomic E-state index is 12.9. The number of aromatic nitrogens is 1. The second kappa shape index (κ2) is 5.01. The highest BCUT2D eigenvalue weighted by Gasteiger charge is 2.27. The number of hydrogen-bond donors (Lipinski definition) is 1. The van der Waals surface area contributed by atoms with Gasteiger partial charge < -0.3 is 9.84 Å². The summed E-state index contributed by atoms with van der Waals surface area (Å²) in [5.74, 6) is -1.80. The Kier molecular flexibility index (Phi) is 3.63. The summed E-state index contributed by atoms with van der Waals surface area (Å²) in [5.41, 5.74) is -0.0888. The van der Waals surface area contributed by atoms with Gasteiger partial charge in [-0.2, -0.15) is 0 Å². The number of carbonyl (C=O) groups is 1. The highest BCUT2D eigenvalue weighted by Crippen LogP contribution is 2.33. The van der Waals surface area contributed by atoms with Crippen molar-refractivity contribution in [1.29, 1.82) is 0 Å².